The van der Waals surface area contributed by atoms with Gasteiger partial charge in [-0.05, 0) is 75.2 Å². The summed E-state index contributed by atoms with van der Waals surface area (Å²) in [5.41, 5.74) is -0.0376. The third kappa shape index (κ3) is 4.01. The van der Waals surface area contributed by atoms with Crippen LogP contribution in [-0.4, -0.2) is 48.9 Å². The summed E-state index contributed by atoms with van der Waals surface area (Å²) in [7, 11) is -2.79. The number of sulfone groups is 1. The zero-order chi connectivity index (χ0) is 19.3. The minimum absolute atomic E-state index is 0.0254. The topological polar surface area (TPSA) is 50.3 Å². The van der Waals surface area contributed by atoms with Gasteiger partial charge in [-0.15, -0.1) is 0 Å². The molecular formula is C19H25F3N2O2S. The molecule has 4 rings (SSSR count). The molecule has 4 nitrogen and oxygen atoms in total. The first kappa shape index (κ1) is 19.2. The highest BCUT2D eigenvalue weighted by atomic mass is 32.2. The number of nitrogens with zero attached hydrogens (tertiary/aromatic N) is 2. The molecule has 3 aliphatic rings. The molecule has 1 saturated carbocycles. The maximum absolute atomic E-state index is 12.9. The van der Waals surface area contributed by atoms with Crippen LogP contribution in [0.2, 0.25) is 0 Å². The van der Waals surface area contributed by atoms with Crippen molar-refractivity contribution in [3.05, 3.63) is 29.6 Å². The van der Waals surface area contributed by atoms with Gasteiger partial charge in [0.05, 0.1) is 11.5 Å². The van der Waals surface area contributed by atoms with Crippen LogP contribution in [0.4, 0.5) is 13.2 Å². The molecule has 1 aliphatic carbocycles. The second-order valence-electron chi connectivity index (χ2n) is 8.55. The van der Waals surface area contributed by atoms with E-state index < -0.39 is 21.7 Å². The molecule has 2 aliphatic heterocycles. The monoisotopic (exact) mass is 402 g/mol. The minimum atomic E-state index is -4.40. The van der Waals surface area contributed by atoms with Gasteiger partial charge in [0.2, 0.25) is 0 Å². The van der Waals surface area contributed by atoms with Crippen LogP contribution in [-0.2, 0) is 16.0 Å². The van der Waals surface area contributed by atoms with Crippen molar-refractivity contribution >= 4 is 9.84 Å². The van der Waals surface area contributed by atoms with Crippen molar-refractivity contribution in [2.75, 3.05) is 24.6 Å². The van der Waals surface area contributed by atoms with Crippen molar-refractivity contribution in [2.45, 2.75) is 56.7 Å². The van der Waals surface area contributed by atoms with Crippen LogP contribution in [0.1, 0.15) is 55.7 Å². The molecule has 0 unspecified atom stereocenters. The van der Waals surface area contributed by atoms with E-state index in [-0.39, 0.29) is 11.3 Å². The van der Waals surface area contributed by atoms with Gasteiger partial charge in [0.15, 0.2) is 9.84 Å². The van der Waals surface area contributed by atoms with Crippen LogP contribution in [0.3, 0.4) is 0 Å². The van der Waals surface area contributed by atoms with Crippen molar-refractivity contribution in [1.82, 2.24) is 9.88 Å². The van der Waals surface area contributed by atoms with E-state index in [1.165, 1.54) is 12.3 Å². The van der Waals surface area contributed by atoms with Crippen LogP contribution >= 0.6 is 0 Å². The number of halogens is 3. The van der Waals surface area contributed by atoms with E-state index in [2.05, 4.69) is 9.88 Å². The van der Waals surface area contributed by atoms with E-state index in [0.29, 0.717) is 17.5 Å². The molecule has 0 radical (unpaired) electrons. The summed E-state index contributed by atoms with van der Waals surface area (Å²) in [6, 6.07) is 3.38. The highest BCUT2D eigenvalue weighted by Gasteiger charge is 2.50. The Balaban J connectivity index is 1.31. The highest BCUT2D eigenvalue weighted by Crippen LogP contribution is 2.44. The molecule has 3 heterocycles. The molecular weight excluding hydrogens is 377 g/mol. The fourth-order valence-corrected chi connectivity index (χ4v) is 7.53. The second-order valence-corrected chi connectivity index (χ2v) is 10.6. The third-order valence-electron chi connectivity index (χ3n) is 6.67. The summed E-state index contributed by atoms with van der Waals surface area (Å²) in [6.07, 6.45) is 2.52. The standard InChI is InChI=1S/C19H25F3N2O2S/c20-19(21,22)17-11-15(5-8-23-17)14-1-3-16(4-2-14)24-9-6-18(7-10-24)12-27(25,26)13-18/h5,8,11,14,16H,1-4,6-7,9-10,12-13H2. The van der Waals surface area contributed by atoms with Crippen LogP contribution in [0.25, 0.3) is 0 Å². The Morgan fingerprint density at radius 2 is 1.70 bits per heavy atom. The molecule has 8 heteroatoms. The highest BCUT2D eigenvalue weighted by molar-refractivity contribution is 7.92. The largest absolute Gasteiger partial charge is 0.433 e. The Kier molecular flexibility index (Phi) is 4.78. The molecule has 2 saturated heterocycles. The van der Waals surface area contributed by atoms with Gasteiger partial charge in [-0.1, -0.05) is 0 Å². The van der Waals surface area contributed by atoms with Crippen molar-refractivity contribution in [2.24, 2.45) is 5.41 Å². The predicted molar refractivity (Wildman–Crippen MR) is 96.1 cm³/mol. The van der Waals surface area contributed by atoms with E-state index in [4.69, 9.17) is 0 Å². The van der Waals surface area contributed by atoms with E-state index in [1.807, 2.05) is 0 Å². The summed E-state index contributed by atoms with van der Waals surface area (Å²) in [4.78, 5) is 5.93. The second kappa shape index (κ2) is 6.72. The molecule has 150 valence electrons. The van der Waals surface area contributed by atoms with Gasteiger partial charge in [0.25, 0.3) is 0 Å². The van der Waals surface area contributed by atoms with Gasteiger partial charge in [-0.2, -0.15) is 13.2 Å². The lowest BCUT2D eigenvalue weighted by atomic mass is 9.78. The van der Waals surface area contributed by atoms with Crippen LogP contribution in [0.5, 0.6) is 0 Å². The smallest absolute Gasteiger partial charge is 0.300 e. The van der Waals surface area contributed by atoms with Crippen molar-refractivity contribution in [3.63, 3.8) is 0 Å². The van der Waals surface area contributed by atoms with Gasteiger partial charge in [-0.3, -0.25) is 4.98 Å². The summed E-state index contributed by atoms with van der Waals surface area (Å²) in [6.45, 7) is 1.89. The molecule has 0 bridgehead atoms. The molecule has 3 fully saturated rings. The van der Waals surface area contributed by atoms with Gasteiger partial charge in [0.1, 0.15) is 5.69 Å². The van der Waals surface area contributed by atoms with Crippen molar-refractivity contribution in [1.29, 1.82) is 0 Å². The first-order valence-corrected chi connectivity index (χ1v) is 11.5. The molecule has 1 aromatic heterocycles. The molecule has 1 aromatic rings. The normalized spacial score (nSPS) is 30.8. The van der Waals surface area contributed by atoms with E-state index in [9.17, 15) is 21.6 Å². The molecule has 0 aromatic carbocycles. The number of alkyl halides is 3. The maximum Gasteiger partial charge on any atom is 0.433 e. The lowest BCUT2D eigenvalue weighted by Crippen LogP contribution is -2.56. The molecule has 0 N–H and O–H groups in total. The fourth-order valence-electron chi connectivity index (χ4n) is 5.17. The Morgan fingerprint density at radius 1 is 1.07 bits per heavy atom. The lowest BCUT2D eigenvalue weighted by molar-refractivity contribution is -0.141. The summed E-state index contributed by atoms with van der Waals surface area (Å²) >= 11 is 0. The Morgan fingerprint density at radius 3 is 2.26 bits per heavy atom. The molecule has 0 atom stereocenters. The Bertz CT molecular complexity index is 779. The number of hydrogen-bond acceptors (Lipinski definition) is 4. The van der Waals surface area contributed by atoms with Crippen molar-refractivity contribution in [3.8, 4) is 0 Å². The maximum atomic E-state index is 12.9. The van der Waals surface area contributed by atoms with Crippen LogP contribution < -0.4 is 0 Å². The van der Waals surface area contributed by atoms with Crippen molar-refractivity contribution < 1.29 is 21.6 Å². The number of likely N-dealkylation sites (tertiary alicyclic amines) is 1. The average Bonchev–Trinajstić information content (AvgIpc) is 2.60. The first-order valence-electron chi connectivity index (χ1n) is 9.64. The summed E-state index contributed by atoms with van der Waals surface area (Å²) < 4.78 is 61.7. The fraction of sp³-hybridized carbons (Fsp3) is 0.737. The Hall–Kier alpha value is -1.15. The SMILES string of the molecule is O=S1(=O)CC2(CCN(C3CCC(c4ccnc(C(F)(F)F)c4)CC3)CC2)C1. The molecule has 1 spiro atoms. The zero-order valence-corrected chi connectivity index (χ0v) is 16.0. The molecule has 27 heavy (non-hydrogen) atoms. The number of hydrogen-bond donors (Lipinski definition) is 0. The Labute approximate surface area is 158 Å². The van der Waals surface area contributed by atoms with E-state index in [0.717, 1.165) is 57.2 Å². The average molecular weight is 402 g/mol. The quantitative estimate of drug-likeness (QED) is 0.758. The zero-order valence-electron chi connectivity index (χ0n) is 15.2. The first-order chi connectivity index (χ1) is 12.7. The lowest BCUT2D eigenvalue weighted by Gasteiger charge is -2.49. The summed E-state index contributed by atoms with van der Waals surface area (Å²) in [5.74, 6) is 0.868. The number of aromatic nitrogens is 1. The van der Waals surface area contributed by atoms with Gasteiger partial charge >= 0.3 is 6.18 Å². The van der Waals surface area contributed by atoms with Crippen LogP contribution in [0.15, 0.2) is 18.3 Å². The van der Waals surface area contributed by atoms with Gasteiger partial charge < -0.3 is 4.90 Å². The third-order valence-corrected chi connectivity index (χ3v) is 8.77. The molecule has 0 amide bonds. The number of rotatable bonds is 2. The van der Waals surface area contributed by atoms with Crippen LogP contribution in [0, 0.1) is 5.41 Å². The van der Waals surface area contributed by atoms with E-state index >= 15 is 0 Å². The van der Waals surface area contributed by atoms with Gasteiger partial charge in [0, 0.05) is 17.7 Å². The van der Waals surface area contributed by atoms with Gasteiger partial charge in [-0.25, -0.2) is 8.42 Å². The summed E-state index contributed by atoms with van der Waals surface area (Å²) in [5, 5.41) is 0. The van der Waals surface area contributed by atoms with E-state index in [1.54, 1.807) is 6.07 Å². The minimum Gasteiger partial charge on any atom is -0.300 e. The number of pyridine rings is 1. The predicted octanol–water partition coefficient (Wildman–Crippen LogP) is 3.64. The number of piperidine rings is 1.